The maximum atomic E-state index is 12.3. The average molecular weight is 316 g/mol. The zero-order valence-corrected chi connectivity index (χ0v) is 14.3. The molecule has 5 unspecified atom stereocenters. The van der Waals surface area contributed by atoms with Gasteiger partial charge in [0.25, 0.3) is 0 Å². The minimum absolute atomic E-state index is 0.233. The van der Waals surface area contributed by atoms with Gasteiger partial charge in [0, 0.05) is 23.0 Å². The van der Waals surface area contributed by atoms with Gasteiger partial charge in [-0.3, -0.25) is 0 Å². The van der Waals surface area contributed by atoms with Gasteiger partial charge in [-0.25, -0.2) is 4.79 Å². The summed E-state index contributed by atoms with van der Waals surface area (Å²) in [6.45, 7) is 11.9. The third-order valence-corrected chi connectivity index (χ3v) is 6.52. The number of aryl methyl sites for hydroxylation is 1. The Labute approximate surface area is 136 Å². The van der Waals surface area contributed by atoms with Crippen molar-refractivity contribution in [3.8, 4) is 0 Å². The van der Waals surface area contributed by atoms with Crippen LogP contribution in [0.3, 0.4) is 0 Å². The molecular formula is C19H24O4. The van der Waals surface area contributed by atoms with Crippen LogP contribution in [0.2, 0.25) is 0 Å². The zero-order chi connectivity index (χ0) is 16.6. The molecule has 2 heterocycles. The van der Waals surface area contributed by atoms with E-state index in [1.165, 1.54) is 0 Å². The number of esters is 1. The first kappa shape index (κ1) is 15.0. The maximum Gasteiger partial charge on any atom is 0.333 e. The Morgan fingerprint density at radius 3 is 2.87 bits per heavy atom. The van der Waals surface area contributed by atoms with Gasteiger partial charge in [0.05, 0.1) is 12.4 Å². The molecular weight excluding hydrogens is 292 g/mol. The van der Waals surface area contributed by atoms with Crippen LogP contribution in [0.5, 0.6) is 0 Å². The molecule has 1 spiro atoms. The zero-order valence-electron chi connectivity index (χ0n) is 14.3. The van der Waals surface area contributed by atoms with Crippen molar-refractivity contribution in [3.05, 3.63) is 35.3 Å². The van der Waals surface area contributed by atoms with E-state index in [1.54, 1.807) is 13.2 Å². The Hall–Kier alpha value is -1.55. The lowest BCUT2D eigenvalue weighted by Gasteiger charge is -2.50. The summed E-state index contributed by atoms with van der Waals surface area (Å²) in [6.07, 6.45) is 4.64. The van der Waals surface area contributed by atoms with E-state index in [1.807, 2.05) is 6.92 Å². The molecule has 2 aliphatic carbocycles. The van der Waals surface area contributed by atoms with E-state index in [0.717, 1.165) is 36.1 Å². The molecule has 1 aromatic rings. The van der Waals surface area contributed by atoms with E-state index >= 15 is 0 Å². The van der Waals surface area contributed by atoms with Crippen LogP contribution in [0.4, 0.5) is 0 Å². The van der Waals surface area contributed by atoms with Crippen molar-refractivity contribution in [3.63, 3.8) is 0 Å². The molecule has 3 aliphatic rings. The van der Waals surface area contributed by atoms with Crippen LogP contribution >= 0.6 is 0 Å². The summed E-state index contributed by atoms with van der Waals surface area (Å²) in [7, 11) is 0. The van der Waals surface area contributed by atoms with Gasteiger partial charge >= 0.3 is 5.97 Å². The van der Waals surface area contributed by atoms with Crippen molar-refractivity contribution in [2.45, 2.75) is 64.8 Å². The predicted molar refractivity (Wildman–Crippen MR) is 84.9 cm³/mol. The number of rotatable bonds is 2. The molecule has 1 saturated heterocycles. The van der Waals surface area contributed by atoms with Crippen LogP contribution in [-0.4, -0.2) is 17.7 Å². The monoisotopic (exact) mass is 316 g/mol. The molecule has 5 atom stereocenters. The van der Waals surface area contributed by atoms with Gasteiger partial charge in [-0.15, -0.1) is 0 Å². The number of carbonyl (C=O) groups excluding carboxylic acids is 1. The summed E-state index contributed by atoms with van der Waals surface area (Å²) in [6, 6.07) is 0. The first-order chi connectivity index (χ1) is 10.8. The second-order valence-corrected chi connectivity index (χ2v) is 7.76. The Morgan fingerprint density at radius 2 is 2.17 bits per heavy atom. The van der Waals surface area contributed by atoms with E-state index in [2.05, 4.69) is 20.4 Å². The average Bonchev–Trinajstić information content (AvgIpc) is 3.10. The predicted octanol–water partition coefficient (Wildman–Crippen LogP) is 3.88. The molecule has 4 rings (SSSR count). The van der Waals surface area contributed by atoms with Crippen LogP contribution in [-0.2, 0) is 20.7 Å². The smallest absolute Gasteiger partial charge is 0.333 e. The fourth-order valence-electron chi connectivity index (χ4n) is 4.85. The van der Waals surface area contributed by atoms with Gasteiger partial charge in [-0.05, 0) is 38.2 Å². The highest BCUT2D eigenvalue weighted by molar-refractivity contribution is 5.87. The standard InChI is InChI=1S/C19H24O4/c1-10(2)17(20)22-16-15-11(3)9-21-13(15)8-19-14(23-19)7-6-12(4)18(16,19)5/h9,12,14,16H,1,6-8H2,2-5H3. The Bertz CT molecular complexity index is 702. The van der Waals surface area contributed by atoms with Crippen molar-refractivity contribution < 1.29 is 18.7 Å². The largest absolute Gasteiger partial charge is 0.469 e. The topological polar surface area (TPSA) is 52.0 Å². The number of epoxide rings is 1. The highest BCUT2D eigenvalue weighted by atomic mass is 16.6. The highest BCUT2D eigenvalue weighted by Gasteiger charge is 2.75. The highest BCUT2D eigenvalue weighted by Crippen LogP contribution is 2.69. The molecule has 4 heteroatoms. The summed E-state index contributed by atoms with van der Waals surface area (Å²) in [4.78, 5) is 12.3. The molecule has 4 nitrogen and oxygen atoms in total. The molecule has 1 saturated carbocycles. The summed E-state index contributed by atoms with van der Waals surface area (Å²) >= 11 is 0. The third-order valence-electron chi connectivity index (χ3n) is 6.52. The van der Waals surface area contributed by atoms with Gasteiger partial charge in [0.1, 0.15) is 17.5 Å². The first-order valence-electron chi connectivity index (χ1n) is 8.42. The molecule has 0 amide bonds. The molecule has 23 heavy (non-hydrogen) atoms. The molecule has 0 aromatic carbocycles. The molecule has 2 fully saturated rings. The number of fused-ring (bicyclic) bond motifs is 1. The lowest BCUT2D eigenvalue weighted by molar-refractivity contribution is -0.164. The van der Waals surface area contributed by atoms with E-state index in [-0.39, 0.29) is 29.2 Å². The number of furan rings is 1. The Balaban J connectivity index is 1.86. The lowest BCUT2D eigenvalue weighted by atomic mass is 9.53. The summed E-state index contributed by atoms with van der Waals surface area (Å²) in [5, 5.41) is 0. The van der Waals surface area contributed by atoms with Crippen LogP contribution < -0.4 is 0 Å². The fraction of sp³-hybridized carbons (Fsp3) is 0.632. The molecule has 124 valence electrons. The molecule has 0 radical (unpaired) electrons. The van der Waals surface area contributed by atoms with Crippen molar-refractivity contribution in [1.82, 2.24) is 0 Å². The SMILES string of the molecule is C=C(C)C(=O)OC1c2c(C)coc2CC23OC2CCC(C)C13C. The van der Waals surface area contributed by atoms with Gasteiger partial charge in [-0.1, -0.05) is 20.4 Å². The molecule has 0 bridgehead atoms. The van der Waals surface area contributed by atoms with E-state index in [0.29, 0.717) is 11.5 Å². The lowest BCUT2D eigenvalue weighted by Crippen LogP contribution is -2.54. The number of hydrogen-bond donors (Lipinski definition) is 0. The summed E-state index contributed by atoms with van der Waals surface area (Å²) in [5.74, 6) is 0.984. The second kappa shape index (κ2) is 4.50. The molecule has 1 aliphatic heterocycles. The van der Waals surface area contributed by atoms with E-state index < -0.39 is 0 Å². The Kier molecular flexibility index (Phi) is 2.94. The van der Waals surface area contributed by atoms with Crippen molar-refractivity contribution >= 4 is 5.97 Å². The number of carbonyl (C=O) groups is 1. The van der Waals surface area contributed by atoms with Crippen molar-refractivity contribution in [1.29, 1.82) is 0 Å². The van der Waals surface area contributed by atoms with Crippen LogP contribution in [0.15, 0.2) is 22.8 Å². The Morgan fingerprint density at radius 1 is 1.43 bits per heavy atom. The van der Waals surface area contributed by atoms with Crippen LogP contribution in [0, 0.1) is 18.3 Å². The first-order valence-corrected chi connectivity index (χ1v) is 8.42. The quantitative estimate of drug-likeness (QED) is 0.472. The van der Waals surface area contributed by atoms with Crippen LogP contribution in [0.1, 0.15) is 56.6 Å². The van der Waals surface area contributed by atoms with Gasteiger partial charge < -0.3 is 13.9 Å². The van der Waals surface area contributed by atoms with Gasteiger partial charge in [0.15, 0.2) is 0 Å². The van der Waals surface area contributed by atoms with Crippen LogP contribution in [0.25, 0.3) is 0 Å². The normalized spacial score (nSPS) is 40.6. The second-order valence-electron chi connectivity index (χ2n) is 7.76. The molecule has 1 aromatic heterocycles. The minimum atomic E-state index is -0.338. The molecule has 0 N–H and O–H groups in total. The van der Waals surface area contributed by atoms with E-state index in [4.69, 9.17) is 13.9 Å². The number of ether oxygens (including phenoxy) is 2. The van der Waals surface area contributed by atoms with Crippen molar-refractivity contribution in [2.24, 2.45) is 11.3 Å². The van der Waals surface area contributed by atoms with E-state index in [9.17, 15) is 4.79 Å². The van der Waals surface area contributed by atoms with Crippen molar-refractivity contribution in [2.75, 3.05) is 0 Å². The minimum Gasteiger partial charge on any atom is -0.469 e. The number of hydrogen-bond acceptors (Lipinski definition) is 4. The fourth-order valence-corrected chi connectivity index (χ4v) is 4.85. The summed E-state index contributed by atoms with van der Waals surface area (Å²) < 4.78 is 18.0. The third kappa shape index (κ3) is 1.73. The summed E-state index contributed by atoms with van der Waals surface area (Å²) in [5.41, 5.74) is 2.03. The van der Waals surface area contributed by atoms with Gasteiger partial charge in [-0.2, -0.15) is 0 Å². The van der Waals surface area contributed by atoms with Gasteiger partial charge in [0.2, 0.25) is 0 Å². The maximum absolute atomic E-state index is 12.3.